The highest BCUT2D eigenvalue weighted by molar-refractivity contribution is 5.68. The smallest absolute Gasteiger partial charge is 0.407 e. The number of hydrogen-bond acceptors (Lipinski definition) is 7. The van der Waals surface area contributed by atoms with E-state index in [1.165, 1.54) is 12.4 Å². The highest BCUT2D eigenvalue weighted by atomic mass is 19.1. The lowest BCUT2D eigenvalue weighted by Gasteiger charge is -2.29. The second kappa shape index (κ2) is 9.50. The Morgan fingerprint density at radius 1 is 1.37 bits per heavy atom. The molecule has 0 radical (unpaired) electrons. The highest BCUT2D eigenvalue weighted by Gasteiger charge is 2.19. The molecule has 9 heteroatoms. The number of carbonyl (C=O) groups is 1. The average molecular weight is 382 g/mol. The van der Waals surface area contributed by atoms with E-state index in [0.717, 1.165) is 0 Å². The molecule has 1 aliphatic rings. The normalized spacial score (nSPS) is 16.2. The molecule has 0 aliphatic carbocycles. The summed E-state index contributed by atoms with van der Waals surface area (Å²) in [6.45, 7) is 6.57. The Balaban J connectivity index is 1.78. The minimum Gasteiger partial charge on any atom is -0.486 e. The van der Waals surface area contributed by atoms with Gasteiger partial charge in [0.05, 0.1) is 24.8 Å². The zero-order chi connectivity index (χ0) is 19.9. The number of rotatable bonds is 6. The molecule has 0 saturated carbocycles. The topological polar surface area (TPSA) is 96.8 Å². The van der Waals surface area contributed by atoms with Gasteiger partial charge in [-0.15, -0.1) is 0 Å². The number of aliphatic hydroxyl groups is 1. The maximum atomic E-state index is 13.0. The van der Waals surface area contributed by atoms with Crippen LogP contribution in [0.5, 0.6) is 5.75 Å². The first-order chi connectivity index (χ1) is 12.8. The van der Waals surface area contributed by atoms with Crippen LogP contribution in [-0.2, 0) is 4.74 Å². The van der Waals surface area contributed by atoms with E-state index in [1.54, 1.807) is 20.8 Å². The number of amides is 1. The summed E-state index contributed by atoms with van der Waals surface area (Å²) in [6.07, 6.45) is 3.93. The van der Waals surface area contributed by atoms with Gasteiger partial charge < -0.3 is 24.8 Å². The lowest BCUT2D eigenvalue weighted by Crippen LogP contribution is -2.36. The summed E-state index contributed by atoms with van der Waals surface area (Å²) in [4.78, 5) is 22.1. The van der Waals surface area contributed by atoms with Crippen LogP contribution < -0.4 is 15.0 Å². The molecule has 1 aromatic heterocycles. The van der Waals surface area contributed by atoms with E-state index in [9.17, 15) is 14.3 Å². The number of nitrogens with zero attached hydrogens (tertiary/aromatic N) is 3. The Kier molecular flexibility index (Phi) is 7.35. The number of nitrogens with one attached hydrogen (secondary N) is 1. The fraction of sp³-hybridized carbons (Fsp3) is 0.611. The Labute approximate surface area is 158 Å². The molecule has 0 bridgehead atoms. The molecule has 27 heavy (non-hydrogen) atoms. The van der Waals surface area contributed by atoms with Crippen molar-refractivity contribution in [3.05, 3.63) is 24.3 Å². The first kappa shape index (κ1) is 20.9. The van der Waals surface area contributed by atoms with Crippen LogP contribution in [0.3, 0.4) is 0 Å². The summed E-state index contributed by atoms with van der Waals surface area (Å²) in [5.41, 5.74) is -0.374. The minimum atomic E-state index is -0.624. The van der Waals surface area contributed by atoms with Crippen LogP contribution in [-0.4, -0.2) is 59.1 Å². The summed E-state index contributed by atoms with van der Waals surface area (Å²) in [6, 6.07) is 0. The third kappa shape index (κ3) is 7.38. The molecule has 1 saturated heterocycles. The van der Waals surface area contributed by atoms with E-state index in [-0.39, 0.29) is 24.8 Å². The van der Waals surface area contributed by atoms with E-state index in [4.69, 9.17) is 9.47 Å². The van der Waals surface area contributed by atoms with Gasteiger partial charge in [0, 0.05) is 25.2 Å². The molecule has 2 rings (SSSR count). The van der Waals surface area contributed by atoms with Crippen molar-refractivity contribution in [3.8, 4) is 5.75 Å². The third-order valence-corrected chi connectivity index (χ3v) is 3.80. The SMILES string of the molecule is CC(C)(C)OC(=O)NC/C(=C\F)COc1cnc(N2CCC(O)CC2)nc1. The van der Waals surface area contributed by atoms with E-state index >= 15 is 0 Å². The van der Waals surface area contributed by atoms with Gasteiger partial charge in [0.15, 0.2) is 5.75 Å². The predicted molar refractivity (Wildman–Crippen MR) is 98.4 cm³/mol. The van der Waals surface area contributed by atoms with Gasteiger partial charge in [0.25, 0.3) is 0 Å². The van der Waals surface area contributed by atoms with Gasteiger partial charge in [-0.05, 0) is 33.6 Å². The van der Waals surface area contributed by atoms with Gasteiger partial charge in [-0.1, -0.05) is 0 Å². The zero-order valence-corrected chi connectivity index (χ0v) is 15.9. The number of ether oxygens (including phenoxy) is 2. The minimum absolute atomic E-state index is 0.0273. The molecule has 1 aromatic rings. The lowest BCUT2D eigenvalue weighted by molar-refractivity contribution is 0.0531. The Morgan fingerprint density at radius 2 is 2.00 bits per heavy atom. The largest absolute Gasteiger partial charge is 0.486 e. The van der Waals surface area contributed by atoms with Crippen LogP contribution >= 0.6 is 0 Å². The molecule has 0 unspecified atom stereocenters. The molecular formula is C18H27FN4O4. The number of carbonyl (C=O) groups excluding carboxylic acids is 1. The van der Waals surface area contributed by atoms with Crippen LogP contribution in [0.2, 0.25) is 0 Å². The Hall–Kier alpha value is -2.42. The van der Waals surface area contributed by atoms with Crippen molar-refractivity contribution in [2.24, 2.45) is 0 Å². The summed E-state index contributed by atoms with van der Waals surface area (Å²) >= 11 is 0. The van der Waals surface area contributed by atoms with Crippen LogP contribution in [0.15, 0.2) is 24.3 Å². The first-order valence-corrected chi connectivity index (χ1v) is 8.89. The van der Waals surface area contributed by atoms with Crippen LogP contribution in [0.1, 0.15) is 33.6 Å². The molecule has 1 fully saturated rings. The van der Waals surface area contributed by atoms with Crippen molar-refractivity contribution >= 4 is 12.0 Å². The number of piperidine rings is 1. The highest BCUT2D eigenvalue weighted by Crippen LogP contribution is 2.17. The zero-order valence-electron chi connectivity index (χ0n) is 15.9. The van der Waals surface area contributed by atoms with Crippen LogP contribution in [0.4, 0.5) is 15.1 Å². The van der Waals surface area contributed by atoms with Gasteiger partial charge in [0.2, 0.25) is 5.95 Å². The molecule has 2 heterocycles. The van der Waals surface area contributed by atoms with Gasteiger partial charge >= 0.3 is 6.09 Å². The number of aromatic nitrogens is 2. The van der Waals surface area contributed by atoms with Gasteiger partial charge in [-0.25, -0.2) is 19.2 Å². The van der Waals surface area contributed by atoms with Crippen molar-refractivity contribution in [2.75, 3.05) is 31.1 Å². The summed E-state index contributed by atoms with van der Waals surface area (Å²) in [5, 5.41) is 12.0. The van der Waals surface area contributed by atoms with Gasteiger partial charge in [-0.2, -0.15) is 0 Å². The van der Waals surface area contributed by atoms with E-state index < -0.39 is 11.7 Å². The summed E-state index contributed by atoms with van der Waals surface area (Å²) < 4.78 is 23.6. The van der Waals surface area contributed by atoms with Crippen LogP contribution in [0, 0.1) is 0 Å². The first-order valence-electron chi connectivity index (χ1n) is 8.89. The number of anilines is 1. The summed E-state index contributed by atoms with van der Waals surface area (Å²) in [5.74, 6) is 0.967. The maximum Gasteiger partial charge on any atom is 0.407 e. The predicted octanol–water partition coefficient (Wildman–Crippen LogP) is 2.19. The third-order valence-electron chi connectivity index (χ3n) is 3.80. The van der Waals surface area contributed by atoms with Crippen molar-refractivity contribution in [2.45, 2.75) is 45.3 Å². The standard InChI is InChI=1S/C18H27FN4O4/c1-18(2,3)27-17(25)22-9-13(8-19)12-26-15-10-20-16(21-11-15)23-6-4-14(24)5-7-23/h8,10-11,14,24H,4-7,9,12H2,1-3H3,(H,22,25)/b13-8+. The number of hydrogen-bond donors (Lipinski definition) is 2. The molecular weight excluding hydrogens is 355 g/mol. The second-order valence-corrected chi connectivity index (χ2v) is 7.35. The molecule has 2 N–H and O–H groups in total. The molecule has 1 amide bonds. The van der Waals surface area contributed by atoms with E-state index in [2.05, 4.69) is 15.3 Å². The van der Waals surface area contributed by atoms with Crippen molar-refractivity contribution in [1.82, 2.24) is 15.3 Å². The Bertz CT molecular complexity index is 638. The van der Waals surface area contributed by atoms with Crippen molar-refractivity contribution in [3.63, 3.8) is 0 Å². The number of halogens is 1. The van der Waals surface area contributed by atoms with Crippen molar-refractivity contribution < 1.29 is 23.8 Å². The van der Waals surface area contributed by atoms with Gasteiger partial charge in [0.1, 0.15) is 12.2 Å². The fourth-order valence-corrected chi connectivity index (χ4v) is 2.41. The second-order valence-electron chi connectivity index (χ2n) is 7.35. The quantitative estimate of drug-likeness (QED) is 0.778. The van der Waals surface area contributed by atoms with Crippen molar-refractivity contribution in [1.29, 1.82) is 0 Å². The molecule has 0 atom stereocenters. The lowest BCUT2D eigenvalue weighted by atomic mass is 10.1. The number of aliphatic hydroxyl groups excluding tert-OH is 1. The number of alkyl carbamates (subject to hydrolysis) is 1. The van der Waals surface area contributed by atoms with E-state index in [0.29, 0.717) is 44.0 Å². The summed E-state index contributed by atoms with van der Waals surface area (Å²) in [7, 11) is 0. The molecule has 0 spiro atoms. The maximum absolute atomic E-state index is 13.0. The van der Waals surface area contributed by atoms with E-state index in [1.807, 2.05) is 4.90 Å². The Morgan fingerprint density at radius 3 is 2.56 bits per heavy atom. The average Bonchev–Trinajstić information content (AvgIpc) is 2.61. The molecule has 8 nitrogen and oxygen atoms in total. The fourth-order valence-electron chi connectivity index (χ4n) is 2.41. The van der Waals surface area contributed by atoms with Gasteiger partial charge in [-0.3, -0.25) is 0 Å². The molecule has 150 valence electrons. The monoisotopic (exact) mass is 382 g/mol. The molecule has 1 aliphatic heterocycles. The molecule has 0 aromatic carbocycles. The van der Waals surface area contributed by atoms with Crippen LogP contribution in [0.25, 0.3) is 0 Å².